The van der Waals surface area contributed by atoms with Gasteiger partial charge >= 0.3 is 12.4 Å². The number of halogens is 6. The highest BCUT2D eigenvalue weighted by Gasteiger charge is 2.73. The van der Waals surface area contributed by atoms with Gasteiger partial charge in [-0.1, -0.05) is 37.1 Å². The molecule has 4 aromatic rings. The number of anilines is 1. The maximum atomic E-state index is 15.3. The molecule has 6 aliphatic rings. The monoisotopic (exact) mass is 784 g/mol. The Morgan fingerprint density at radius 1 is 0.544 bits per heavy atom. The number of hydrogen-bond donors (Lipinski definition) is 0. The Morgan fingerprint density at radius 3 is 1.56 bits per heavy atom. The second kappa shape index (κ2) is 11.9. The molecule has 2 aliphatic heterocycles. The standard InChI is InChI=1S/C45H38F6N2O4/c1-19-15-32-34(22(4)21(19)3)37-27-10-8-7-9-26(27)36(32)33-16-20(2)38(23(5)35(33)37)53-41(56)29-14-12-25(18-31(29)42(53)57)43(44(46,47)48,45(49,50)51)24-11-13-28-30(17-24)40(55)52(6)39(28)54/h11-18,26-27,36-37H,7-10H2,1-6H3. The number of nitrogens with zero attached hydrogens (tertiary/aromatic N) is 2. The molecule has 0 aromatic heterocycles. The van der Waals surface area contributed by atoms with E-state index in [-0.39, 0.29) is 28.7 Å². The largest absolute Gasteiger partial charge is 0.411 e. The number of hydrogen-bond acceptors (Lipinski definition) is 4. The van der Waals surface area contributed by atoms with Crippen molar-refractivity contribution in [2.75, 3.05) is 11.9 Å². The van der Waals surface area contributed by atoms with Crippen LogP contribution >= 0.6 is 0 Å². The average molecular weight is 785 g/mol. The number of imide groups is 2. The molecular weight excluding hydrogens is 746 g/mol. The van der Waals surface area contributed by atoms with E-state index in [1.54, 1.807) is 6.92 Å². The molecular formula is C45H38F6N2O4. The zero-order valence-corrected chi connectivity index (χ0v) is 32.1. The van der Waals surface area contributed by atoms with Gasteiger partial charge in [0.1, 0.15) is 0 Å². The van der Waals surface area contributed by atoms with Crippen LogP contribution in [0.25, 0.3) is 0 Å². The summed E-state index contributed by atoms with van der Waals surface area (Å²) in [5.41, 5.74) is 0.717. The summed E-state index contributed by atoms with van der Waals surface area (Å²) in [6.45, 7) is 10.0. The number of alkyl halides is 6. The molecule has 6 nitrogen and oxygen atoms in total. The van der Waals surface area contributed by atoms with E-state index in [0.717, 1.165) is 60.9 Å². The molecule has 0 radical (unpaired) electrons. The van der Waals surface area contributed by atoms with E-state index in [9.17, 15) is 19.2 Å². The van der Waals surface area contributed by atoms with Gasteiger partial charge in [-0.05, 0) is 145 Å². The van der Waals surface area contributed by atoms with Gasteiger partial charge in [0.05, 0.1) is 27.9 Å². The number of benzene rings is 4. The average Bonchev–Trinajstić information content (AvgIpc) is 3.51. The van der Waals surface area contributed by atoms with E-state index in [0.29, 0.717) is 52.1 Å². The molecule has 4 unspecified atom stereocenters. The molecule has 294 valence electrons. The fraction of sp³-hybridized carbons (Fsp3) is 0.378. The normalized spacial score (nSPS) is 22.5. The predicted octanol–water partition coefficient (Wildman–Crippen LogP) is 10.1. The summed E-state index contributed by atoms with van der Waals surface area (Å²) in [6, 6.07) is 8.00. The topological polar surface area (TPSA) is 74.8 Å². The minimum Gasteiger partial charge on any atom is -0.277 e. The van der Waals surface area contributed by atoms with Gasteiger partial charge < -0.3 is 0 Å². The van der Waals surface area contributed by atoms with E-state index >= 15 is 26.3 Å². The van der Waals surface area contributed by atoms with Gasteiger partial charge in [-0.25, -0.2) is 4.90 Å². The first-order valence-corrected chi connectivity index (χ1v) is 19.1. The van der Waals surface area contributed by atoms with Gasteiger partial charge in [-0.2, -0.15) is 26.3 Å². The number of aryl methyl sites for hydroxylation is 2. The minimum atomic E-state index is -6.05. The molecule has 0 spiro atoms. The number of carbonyl (C=O) groups excluding carboxylic acids is 4. The lowest BCUT2D eigenvalue weighted by Crippen LogP contribution is -2.55. The molecule has 4 aliphatic carbocycles. The smallest absolute Gasteiger partial charge is 0.277 e. The lowest BCUT2D eigenvalue weighted by Gasteiger charge is -2.54. The van der Waals surface area contributed by atoms with Crippen LogP contribution in [0.3, 0.4) is 0 Å². The number of fused-ring (bicyclic) bond motifs is 2. The molecule has 0 saturated heterocycles. The summed E-state index contributed by atoms with van der Waals surface area (Å²) in [5, 5.41) is 0. The fourth-order valence-corrected chi connectivity index (χ4v) is 11.3. The molecule has 1 fully saturated rings. The molecule has 2 heterocycles. The van der Waals surface area contributed by atoms with Crippen LogP contribution in [0.1, 0.15) is 140 Å². The lowest BCUT2D eigenvalue weighted by atomic mass is 9.49. The maximum Gasteiger partial charge on any atom is 0.411 e. The van der Waals surface area contributed by atoms with Crippen molar-refractivity contribution in [1.29, 1.82) is 0 Å². The summed E-state index contributed by atoms with van der Waals surface area (Å²) < 4.78 is 91.8. The highest BCUT2D eigenvalue weighted by atomic mass is 19.4. The van der Waals surface area contributed by atoms with Crippen LogP contribution < -0.4 is 4.90 Å². The first-order valence-electron chi connectivity index (χ1n) is 19.1. The van der Waals surface area contributed by atoms with Crippen molar-refractivity contribution >= 4 is 29.3 Å². The van der Waals surface area contributed by atoms with E-state index in [1.807, 2.05) is 13.0 Å². The van der Waals surface area contributed by atoms with Crippen LogP contribution in [0.5, 0.6) is 0 Å². The Bertz CT molecular complexity index is 2540. The van der Waals surface area contributed by atoms with E-state index < -0.39 is 63.7 Å². The van der Waals surface area contributed by atoms with Crippen molar-refractivity contribution in [3.05, 3.63) is 132 Å². The summed E-state index contributed by atoms with van der Waals surface area (Å²) in [4.78, 5) is 55.4. The lowest BCUT2D eigenvalue weighted by molar-refractivity contribution is -0.288. The zero-order chi connectivity index (χ0) is 41.0. The molecule has 4 atom stereocenters. The Labute approximate surface area is 324 Å². The third kappa shape index (κ3) is 4.61. The molecule has 12 heteroatoms. The van der Waals surface area contributed by atoms with Crippen LogP contribution in [-0.2, 0) is 5.41 Å². The van der Waals surface area contributed by atoms with Crippen LogP contribution in [0, 0.1) is 46.5 Å². The number of amides is 4. The Kier molecular flexibility index (Phi) is 7.79. The summed E-state index contributed by atoms with van der Waals surface area (Å²) >= 11 is 0. The maximum absolute atomic E-state index is 15.3. The van der Waals surface area contributed by atoms with Crippen molar-refractivity contribution in [1.82, 2.24) is 4.90 Å². The molecule has 10 rings (SSSR count). The first kappa shape index (κ1) is 37.3. The van der Waals surface area contributed by atoms with Crippen molar-refractivity contribution in [2.45, 2.75) is 89.9 Å². The highest BCUT2D eigenvalue weighted by Crippen LogP contribution is 2.65. The van der Waals surface area contributed by atoms with Crippen LogP contribution in [-0.4, -0.2) is 47.9 Å². The summed E-state index contributed by atoms with van der Waals surface area (Å²) in [5.74, 6) is -2.90. The number of rotatable bonds is 3. The Balaban J connectivity index is 1.20. The van der Waals surface area contributed by atoms with Crippen LogP contribution in [0.4, 0.5) is 32.0 Å². The molecule has 1 saturated carbocycles. The van der Waals surface area contributed by atoms with E-state index in [1.165, 1.54) is 27.8 Å². The Morgan fingerprint density at radius 2 is 1.00 bits per heavy atom. The van der Waals surface area contributed by atoms with Crippen molar-refractivity contribution in [2.24, 2.45) is 11.8 Å². The molecule has 0 N–H and O–H groups in total. The highest BCUT2D eigenvalue weighted by molar-refractivity contribution is 6.35. The van der Waals surface area contributed by atoms with Gasteiger partial charge in [0.2, 0.25) is 5.41 Å². The van der Waals surface area contributed by atoms with Gasteiger partial charge in [0.15, 0.2) is 0 Å². The molecule has 57 heavy (non-hydrogen) atoms. The van der Waals surface area contributed by atoms with Gasteiger partial charge in [-0.15, -0.1) is 0 Å². The van der Waals surface area contributed by atoms with Gasteiger partial charge in [0, 0.05) is 18.9 Å². The molecule has 4 amide bonds. The molecule has 2 bridgehead atoms. The second-order valence-electron chi connectivity index (χ2n) is 16.6. The van der Waals surface area contributed by atoms with Crippen LogP contribution in [0.15, 0.2) is 48.5 Å². The summed E-state index contributed by atoms with van der Waals surface area (Å²) in [7, 11) is 1.07. The predicted molar refractivity (Wildman–Crippen MR) is 199 cm³/mol. The fourth-order valence-electron chi connectivity index (χ4n) is 11.3. The quantitative estimate of drug-likeness (QED) is 0.153. The van der Waals surface area contributed by atoms with Crippen molar-refractivity contribution in [3.8, 4) is 0 Å². The third-order valence-electron chi connectivity index (χ3n) is 14.0. The Hall–Kier alpha value is -5.26. The third-order valence-corrected chi connectivity index (χ3v) is 14.0. The van der Waals surface area contributed by atoms with Crippen molar-refractivity contribution in [3.63, 3.8) is 0 Å². The molecule has 4 aromatic carbocycles. The SMILES string of the molecule is Cc1cc2c(c(C)c1C)C1c3c(cc(C)c(N4C(=O)c5ccc(C(c6ccc7c(c6)C(=O)N(C)C7=O)(C(F)(F)F)C(F)(F)F)cc5C4=O)c3C)C2C2CCCCC12. The van der Waals surface area contributed by atoms with E-state index in [2.05, 4.69) is 26.8 Å². The minimum absolute atomic E-state index is 0.000735. The second-order valence-corrected chi connectivity index (χ2v) is 16.6. The first-order chi connectivity index (χ1) is 26.7. The van der Waals surface area contributed by atoms with Crippen LogP contribution in [0.2, 0.25) is 0 Å². The van der Waals surface area contributed by atoms with Crippen molar-refractivity contribution < 1.29 is 45.5 Å². The summed E-state index contributed by atoms with van der Waals surface area (Å²) in [6.07, 6.45) is -7.76. The van der Waals surface area contributed by atoms with E-state index in [4.69, 9.17) is 0 Å². The van der Waals surface area contributed by atoms with Gasteiger partial charge in [0.25, 0.3) is 23.6 Å². The number of carbonyl (C=O) groups is 4. The zero-order valence-electron chi connectivity index (χ0n) is 32.1. The van der Waals surface area contributed by atoms with Gasteiger partial charge in [-0.3, -0.25) is 24.1 Å².